The van der Waals surface area contributed by atoms with Gasteiger partial charge in [-0.15, -0.1) is 0 Å². The van der Waals surface area contributed by atoms with Gasteiger partial charge in [0.2, 0.25) is 5.91 Å². The smallest absolute Gasteiger partial charge is 0.240 e. The van der Waals surface area contributed by atoms with E-state index in [9.17, 15) is 13.2 Å². The van der Waals surface area contributed by atoms with Gasteiger partial charge < -0.3 is 14.8 Å². The number of ether oxygens (including phenoxy) is 2. The number of nitrogens with one attached hydrogen (secondary N) is 1. The number of benzene rings is 2. The molecule has 6 nitrogen and oxygen atoms in total. The SMILES string of the molecule is O=C(CS(=O)(=O)c1ccc(Cl)cc1)Nc1cc2c(cc1Cl)OCCCO2. The Morgan fingerprint density at radius 1 is 1.04 bits per heavy atom. The minimum atomic E-state index is -3.80. The lowest BCUT2D eigenvalue weighted by Crippen LogP contribution is -2.23. The number of halogens is 2. The first-order valence-corrected chi connectivity index (χ1v) is 10.1. The molecule has 26 heavy (non-hydrogen) atoms. The van der Waals surface area contributed by atoms with Gasteiger partial charge in [0.05, 0.1) is 28.8 Å². The van der Waals surface area contributed by atoms with E-state index in [0.717, 1.165) is 6.42 Å². The van der Waals surface area contributed by atoms with Crippen LogP contribution in [0.3, 0.4) is 0 Å². The predicted molar refractivity (Wildman–Crippen MR) is 99.2 cm³/mol. The Bertz CT molecular complexity index is 929. The Kier molecular flexibility index (Phi) is 5.60. The predicted octanol–water partition coefficient (Wildman–Crippen LogP) is 3.57. The molecule has 0 saturated carbocycles. The second-order valence-electron chi connectivity index (χ2n) is 5.59. The van der Waals surface area contributed by atoms with E-state index < -0.39 is 21.5 Å². The normalized spacial score (nSPS) is 13.8. The largest absolute Gasteiger partial charge is 0.490 e. The van der Waals surface area contributed by atoms with Gasteiger partial charge in [-0.1, -0.05) is 23.2 Å². The molecule has 9 heteroatoms. The van der Waals surface area contributed by atoms with Crippen molar-refractivity contribution in [1.29, 1.82) is 0 Å². The first-order chi connectivity index (χ1) is 12.3. The van der Waals surface area contributed by atoms with Gasteiger partial charge in [0, 0.05) is 23.6 Å². The number of fused-ring (bicyclic) bond motifs is 1. The van der Waals surface area contributed by atoms with Crippen molar-refractivity contribution in [1.82, 2.24) is 0 Å². The van der Waals surface area contributed by atoms with Crippen LogP contribution in [0.4, 0.5) is 5.69 Å². The monoisotopic (exact) mass is 415 g/mol. The molecule has 0 unspecified atom stereocenters. The van der Waals surface area contributed by atoms with Gasteiger partial charge in [0.25, 0.3) is 0 Å². The highest BCUT2D eigenvalue weighted by Gasteiger charge is 2.21. The van der Waals surface area contributed by atoms with E-state index in [2.05, 4.69) is 5.32 Å². The molecule has 0 radical (unpaired) electrons. The van der Waals surface area contributed by atoms with Gasteiger partial charge in [0.1, 0.15) is 5.75 Å². The van der Waals surface area contributed by atoms with Crippen LogP contribution in [-0.4, -0.2) is 33.3 Å². The molecule has 3 rings (SSSR count). The second kappa shape index (κ2) is 7.73. The van der Waals surface area contributed by atoms with Crippen LogP contribution in [0.2, 0.25) is 10.0 Å². The molecular formula is C17H15Cl2NO5S. The van der Waals surface area contributed by atoms with E-state index in [0.29, 0.717) is 29.7 Å². The summed E-state index contributed by atoms with van der Waals surface area (Å²) in [5.41, 5.74) is 0.257. The summed E-state index contributed by atoms with van der Waals surface area (Å²) < 4.78 is 35.7. The van der Waals surface area contributed by atoms with Crippen molar-refractivity contribution in [3.05, 3.63) is 46.4 Å². The Morgan fingerprint density at radius 2 is 1.65 bits per heavy atom. The van der Waals surface area contributed by atoms with Crippen molar-refractivity contribution in [2.45, 2.75) is 11.3 Å². The van der Waals surface area contributed by atoms with Crippen molar-refractivity contribution in [3.8, 4) is 11.5 Å². The number of carbonyl (C=O) groups is 1. The van der Waals surface area contributed by atoms with E-state index in [1.807, 2.05) is 0 Å². The quantitative estimate of drug-likeness (QED) is 0.824. The third-order valence-corrected chi connectivity index (χ3v) is 5.80. The Hall–Kier alpha value is -1.96. The summed E-state index contributed by atoms with van der Waals surface area (Å²) in [5.74, 6) is -0.502. The summed E-state index contributed by atoms with van der Waals surface area (Å²) in [6.45, 7) is 0.987. The summed E-state index contributed by atoms with van der Waals surface area (Å²) >= 11 is 11.9. The molecule has 1 aliphatic rings. The summed E-state index contributed by atoms with van der Waals surface area (Å²) in [7, 11) is -3.80. The highest BCUT2D eigenvalue weighted by atomic mass is 35.5. The molecule has 0 atom stereocenters. The third-order valence-electron chi connectivity index (χ3n) is 3.61. The van der Waals surface area contributed by atoms with Crippen LogP contribution in [0.5, 0.6) is 11.5 Å². The van der Waals surface area contributed by atoms with Crippen LogP contribution >= 0.6 is 23.2 Å². The number of rotatable bonds is 4. The number of hydrogen-bond donors (Lipinski definition) is 1. The highest BCUT2D eigenvalue weighted by molar-refractivity contribution is 7.92. The van der Waals surface area contributed by atoms with Gasteiger partial charge in [-0.25, -0.2) is 8.42 Å². The fourth-order valence-corrected chi connectivity index (χ4v) is 3.83. The molecular weight excluding hydrogens is 401 g/mol. The Morgan fingerprint density at radius 3 is 2.31 bits per heavy atom. The Balaban J connectivity index is 1.75. The molecule has 1 amide bonds. The maximum absolute atomic E-state index is 12.3. The fourth-order valence-electron chi connectivity index (χ4n) is 2.36. The zero-order chi connectivity index (χ0) is 18.7. The molecule has 0 fully saturated rings. The molecule has 138 valence electrons. The molecule has 0 spiro atoms. The number of hydrogen-bond acceptors (Lipinski definition) is 5. The van der Waals surface area contributed by atoms with E-state index in [-0.39, 0.29) is 15.6 Å². The van der Waals surface area contributed by atoms with Crippen molar-refractivity contribution < 1.29 is 22.7 Å². The minimum Gasteiger partial charge on any atom is -0.490 e. The molecule has 1 N–H and O–H groups in total. The zero-order valence-corrected chi connectivity index (χ0v) is 15.8. The number of anilines is 1. The fraction of sp³-hybridized carbons (Fsp3) is 0.235. The van der Waals surface area contributed by atoms with E-state index in [1.54, 1.807) is 0 Å². The topological polar surface area (TPSA) is 81.7 Å². The van der Waals surface area contributed by atoms with Crippen molar-refractivity contribution in [2.75, 3.05) is 24.3 Å². The standard InChI is InChI=1S/C17H15Cl2NO5S/c18-11-2-4-12(5-3-11)26(22,23)10-17(21)20-14-9-16-15(8-13(14)19)24-6-1-7-25-16/h2-5,8-9H,1,6-7,10H2,(H,20,21). The molecule has 0 bridgehead atoms. The molecule has 1 heterocycles. The first kappa shape index (κ1) is 18.8. The van der Waals surface area contributed by atoms with Crippen LogP contribution in [0.1, 0.15) is 6.42 Å². The number of carbonyl (C=O) groups excluding carboxylic acids is 1. The lowest BCUT2D eigenvalue weighted by Gasteiger charge is -2.12. The van der Waals surface area contributed by atoms with Gasteiger partial charge in [-0.3, -0.25) is 4.79 Å². The molecule has 2 aromatic rings. The number of sulfone groups is 1. The molecule has 0 saturated heterocycles. The average Bonchev–Trinajstić information content (AvgIpc) is 2.80. The van der Waals surface area contributed by atoms with Crippen LogP contribution < -0.4 is 14.8 Å². The van der Waals surface area contributed by atoms with Crippen LogP contribution in [-0.2, 0) is 14.6 Å². The van der Waals surface area contributed by atoms with Crippen molar-refractivity contribution in [3.63, 3.8) is 0 Å². The van der Waals surface area contributed by atoms with E-state index in [4.69, 9.17) is 32.7 Å². The summed E-state index contributed by atoms with van der Waals surface area (Å²) in [4.78, 5) is 12.2. The second-order valence-corrected chi connectivity index (χ2v) is 8.42. The molecule has 0 aromatic heterocycles. The molecule has 0 aliphatic carbocycles. The first-order valence-electron chi connectivity index (χ1n) is 7.72. The minimum absolute atomic E-state index is 0.0156. The van der Waals surface area contributed by atoms with Crippen LogP contribution in [0.25, 0.3) is 0 Å². The van der Waals surface area contributed by atoms with Crippen molar-refractivity contribution >= 4 is 44.6 Å². The summed E-state index contributed by atoms with van der Waals surface area (Å²) in [6, 6.07) is 8.67. The zero-order valence-electron chi connectivity index (χ0n) is 13.5. The lowest BCUT2D eigenvalue weighted by molar-refractivity contribution is -0.113. The van der Waals surface area contributed by atoms with Gasteiger partial charge in [0.15, 0.2) is 21.3 Å². The average molecular weight is 416 g/mol. The van der Waals surface area contributed by atoms with Crippen molar-refractivity contribution in [2.24, 2.45) is 0 Å². The summed E-state index contributed by atoms with van der Waals surface area (Å²) in [5, 5.41) is 3.14. The van der Waals surface area contributed by atoms with Gasteiger partial charge in [-0.2, -0.15) is 0 Å². The van der Waals surface area contributed by atoms with Gasteiger partial charge >= 0.3 is 0 Å². The molecule has 1 aliphatic heterocycles. The van der Waals surface area contributed by atoms with E-state index in [1.165, 1.54) is 36.4 Å². The lowest BCUT2D eigenvalue weighted by atomic mass is 10.2. The Labute approximate surface area is 160 Å². The van der Waals surface area contributed by atoms with Crippen LogP contribution in [0.15, 0.2) is 41.3 Å². The maximum atomic E-state index is 12.3. The van der Waals surface area contributed by atoms with Gasteiger partial charge in [-0.05, 0) is 24.3 Å². The maximum Gasteiger partial charge on any atom is 0.240 e. The third kappa shape index (κ3) is 4.41. The summed E-state index contributed by atoms with van der Waals surface area (Å²) in [6.07, 6.45) is 0.729. The number of amides is 1. The molecule has 2 aromatic carbocycles. The highest BCUT2D eigenvalue weighted by Crippen LogP contribution is 2.37. The van der Waals surface area contributed by atoms with Crippen LogP contribution in [0, 0.1) is 0 Å². The van der Waals surface area contributed by atoms with E-state index >= 15 is 0 Å².